The summed E-state index contributed by atoms with van der Waals surface area (Å²) in [6, 6.07) is 22.7. The molecule has 0 spiro atoms. The van der Waals surface area contributed by atoms with Gasteiger partial charge in [0.25, 0.3) is 0 Å². The van der Waals surface area contributed by atoms with Crippen molar-refractivity contribution in [1.82, 2.24) is 29.0 Å². The second kappa shape index (κ2) is 9.99. The number of H-pyrrole nitrogens is 1. The van der Waals surface area contributed by atoms with Crippen LogP contribution < -0.4 is 11.0 Å². The Labute approximate surface area is 209 Å². The number of fused-ring (bicyclic) bond motifs is 2. The van der Waals surface area contributed by atoms with Crippen LogP contribution in [-0.4, -0.2) is 54.7 Å². The molecule has 0 amide bonds. The molecular weight excluding hydrogens is 450 g/mol. The number of anilines is 1. The van der Waals surface area contributed by atoms with Gasteiger partial charge in [0.2, 0.25) is 5.95 Å². The molecule has 1 aliphatic rings. The Morgan fingerprint density at radius 3 is 2.58 bits per heavy atom. The van der Waals surface area contributed by atoms with Crippen molar-refractivity contribution in [3.63, 3.8) is 0 Å². The van der Waals surface area contributed by atoms with Crippen LogP contribution in [0.15, 0.2) is 77.7 Å². The molecule has 184 valence electrons. The summed E-state index contributed by atoms with van der Waals surface area (Å²) in [6.07, 6.45) is 4.92. The van der Waals surface area contributed by atoms with Crippen molar-refractivity contribution in [2.75, 3.05) is 25.0 Å². The number of pyridine rings is 1. The van der Waals surface area contributed by atoms with Crippen LogP contribution in [-0.2, 0) is 13.1 Å². The second-order valence-electron chi connectivity index (χ2n) is 9.57. The van der Waals surface area contributed by atoms with E-state index in [1.165, 1.54) is 5.56 Å². The Hall–Kier alpha value is -3.91. The Kier molecular flexibility index (Phi) is 6.26. The van der Waals surface area contributed by atoms with Gasteiger partial charge in [-0.2, -0.15) is 0 Å². The van der Waals surface area contributed by atoms with Crippen LogP contribution in [0, 0.1) is 0 Å². The Morgan fingerprint density at radius 2 is 1.72 bits per heavy atom. The van der Waals surface area contributed by atoms with Gasteiger partial charge in [-0.05, 0) is 55.6 Å². The molecule has 1 saturated heterocycles. The molecule has 2 N–H and O–H groups in total. The van der Waals surface area contributed by atoms with Gasteiger partial charge in [-0.25, -0.2) is 14.8 Å². The molecule has 8 heteroatoms. The van der Waals surface area contributed by atoms with Gasteiger partial charge in [0, 0.05) is 31.9 Å². The van der Waals surface area contributed by atoms with Crippen LogP contribution in [0.25, 0.3) is 22.2 Å². The molecule has 8 nitrogen and oxygen atoms in total. The maximum Gasteiger partial charge on any atom is 0.326 e. The number of hydrogen-bond acceptors (Lipinski definition) is 5. The number of aromatic nitrogens is 5. The Balaban J connectivity index is 1.07. The number of imidazole rings is 2. The van der Waals surface area contributed by atoms with Crippen LogP contribution in [0.1, 0.15) is 24.8 Å². The van der Waals surface area contributed by atoms with E-state index >= 15 is 0 Å². The molecule has 0 bridgehead atoms. The third kappa shape index (κ3) is 4.64. The highest BCUT2D eigenvalue weighted by Gasteiger charge is 2.22. The number of nitrogens with one attached hydrogen (secondary N) is 2. The smallest absolute Gasteiger partial charge is 0.326 e. The zero-order chi connectivity index (χ0) is 24.3. The van der Waals surface area contributed by atoms with E-state index in [9.17, 15) is 4.79 Å². The normalized spacial score (nSPS) is 15.1. The van der Waals surface area contributed by atoms with Gasteiger partial charge in [-0.1, -0.05) is 42.5 Å². The van der Waals surface area contributed by atoms with E-state index in [4.69, 9.17) is 4.98 Å². The number of para-hydroxylation sites is 2. The number of hydrogen-bond donors (Lipinski definition) is 2. The summed E-state index contributed by atoms with van der Waals surface area (Å²) < 4.78 is 4.05. The van der Waals surface area contributed by atoms with Crippen molar-refractivity contribution in [2.24, 2.45) is 0 Å². The first kappa shape index (κ1) is 22.5. The Morgan fingerprint density at radius 1 is 0.917 bits per heavy atom. The minimum atomic E-state index is -0.0213. The first-order chi connectivity index (χ1) is 17.7. The molecule has 0 aliphatic carbocycles. The maximum atomic E-state index is 12.3. The molecule has 36 heavy (non-hydrogen) atoms. The second-order valence-corrected chi connectivity index (χ2v) is 9.57. The van der Waals surface area contributed by atoms with Crippen molar-refractivity contribution >= 4 is 28.1 Å². The fourth-order valence-electron chi connectivity index (χ4n) is 5.25. The largest absolute Gasteiger partial charge is 0.353 e. The average molecular weight is 482 g/mol. The van der Waals surface area contributed by atoms with Crippen molar-refractivity contribution < 1.29 is 0 Å². The van der Waals surface area contributed by atoms with Gasteiger partial charge < -0.3 is 15.2 Å². The van der Waals surface area contributed by atoms with Crippen LogP contribution in [0.5, 0.6) is 0 Å². The molecule has 0 atom stereocenters. The highest BCUT2D eigenvalue weighted by Crippen LogP contribution is 2.22. The number of nitrogens with zero attached hydrogens (tertiary/aromatic N) is 5. The minimum Gasteiger partial charge on any atom is -0.353 e. The van der Waals surface area contributed by atoms with E-state index in [0.717, 1.165) is 80.1 Å². The van der Waals surface area contributed by atoms with Crippen LogP contribution in [0.3, 0.4) is 0 Å². The molecule has 6 rings (SSSR count). The highest BCUT2D eigenvalue weighted by atomic mass is 16.1. The van der Waals surface area contributed by atoms with Gasteiger partial charge in [0.05, 0.1) is 17.6 Å². The molecule has 0 saturated carbocycles. The van der Waals surface area contributed by atoms with Crippen molar-refractivity contribution in [2.45, 2.75) is 38.4 Å². The van der Waals surface area contributed by atoms with E-state index < -0.39 is 0 Å². The van der Waals surface area contributed by atoms with Crippen molar-refractivity contribution in [3.05, 3.63) is 89.0 Å². The SMILES string of the molecule is O=c1[nH]c2ccccc2n1CCCN1CCC(Nc2nc3cccnc3n2Cc2ccccc2)CC1. The molecule has 0 radical (unpaired) electrons. The summed E-state index contributed by atoms with van der Waals surface area (Å²) in [5.41, 5.74) is 4.93. The summed E-state index contributed by atoms with van der Waals surface area (Å²) in [5.74, 6) is 0.893. The van der Waals surface area contributed by atoms with E-state index in [0.29, 0.717) is 6.04 Å². The maximum absolute atomic E-state index is 12.3. The van der Waals surface area contributed by atoms with E-state index in [1.54, 1.807) is 0 Å². The molecule has 3 aromatic heterocycles. The summed E-state index contributed by atoms with van der Waals surface area (Å²) in [6.45, 7) is 4.55. The summed E-state index contributed by atoms with van der Waals surface area (Å²) in [4.78, 5) is 27.3. The summed E-state index contributed by atoms with van der Waals surface area (Å²) >= 11 is 0. The fraction of sp³-hybridized carbons (Fsp3) is 0.321. The number of aryl methyl sites for hydroxylation is 1. The average Bonchev–Trinajstić information content (AvgIpc) is 3.42. The van der Waals surface area contributed by atoms with Crippen LogP contribution in [0.4, 0.5) is 5.95 Å². The van der Waals surface area contributed by atoms with E-state index in [1.807, 2.05) is 53.2 Å². The van der Waals surface area contributed by atoms with Gasteiger partial charge in [-0.15, -0.1) is 0 Å². The Bertz CT molecular complexity index is 1510. The van der Waals surface area contributed by atoms with Crippen molar-refractivity contribution in [3.8, 4) is 0 Å². The number of likely N-dealkylation sites (tertiary alicyclic amines) is 1. The number of rotatable bonds is 8. The van der Waals surface area contributed by atoms with Crippen molar-refractivity contribution in [1.29, 1.82) is 0 Å². The lowest BCUT2D eigenvalue weighted by Gasteiger charge is -2.32. The van der Waals surface area contributed by atoms with Gasteiger partial charge in [0.15, 0.2) is 5.65 Å². The van der Waals surface area contributed by atoms with Gasteiger partial charge in [-0.3, -0.25) is 9.13 Å². The third-order valence-electron chi connectivity index (χ3n) is 7.15. The zero-order valence-corrected chi connectivity index (χ0v) is 20.3. The molecule has 2 aromatic carbocycles. The molecule has 0 unspecified atom stereocenters. The highest BCUT2D eigenvalue weighted by molar-refractivity contribution is 5.75. The molecule has 1 aliphatic heterocycles. The standard InChI is InChI=1S/C28H31N7O/c36-28-32-23-10-4-5-12-25(23)34(28)17-7-16-33-18-13-22(14-19-33)30-27-31-24-11-6-15-29-26(24)35(27)20-21-8-2-1-3-9-21/h1-6,8-12,15,22H,7,13-14,16-20H2,(H,30,31)(H,32,36). The molecule has 4 heterocycles. The topological polar surface area (TPSA) is 83.8 Å². The predicted octanol–water partition coefficient (Wildman–Crippen LogP) is 4.09. The predicted molar refractivity (Wildman–Crippen MR) is 143 cm³/mol. The lowest BCUT2D eigenvalue weighted by atomic mass is 10.1. The van der Waals surface area contributed by atoms with Crippen LogP contribution in [0.2, 0.25) is 0 Å². The first-order valence-corrected chi connectivity index (χ1v) is 12.8. The third-order valence-corrected chi connectivity index (χ3v) is 7.15. The number of benzene rings is 2. The number of aromatic amines is 1. The lowest BCUT2D eigenvalue weighted by Crippen LogP contribution is -2.40. The van der Waals surface area contributed by atoms with E-state index in [-0.39, 0.29) is 5.69 Å². The monoisotopic (exact) mass is 481 g/mol. The molecule has 1 fully saturated rings. The van der Waals surface area contributed by atoms with Gasteiger partial charge >= 0.3 is 5.69 Å². The zero-order valence-electron chi connectivity index (χ0n) is 20.3. The minimum absolute atomic E-state index is 0.0213. The van der Waals surface area contributed by atoms with Crippen LogP contribution >= 0.6 is 0 Å². The first-order valence-electron chi connectivity index (χ1n) is 12.8. The fourth-order valence-corrected chi connectivity index (χ4v) is 5.25. The summed E-state index contributed by atoms with van der Waals surface area (Å²) in [5, 5.41) is 3.72. The lowest BCUT2D eigenvalue weighted by molar-refractivity contribution is 0.213. The number of piperidine rings is 1. The molecule has 5 aromatic rings. The quantitative estimate of drug-likeness (QED) is 0.349. The summed E-state index contributed by atoms with van der Waals surface area (Å²) in [7, 11) is 0. The van der Waals surface area contributed by atoms with Gasteiger partial charge in [0.1, 0.15) is 5.52 Å². The van der Waals surface area contributed by atoms with E-state index in [2.05, 4.69) is 49.0 Å². The molecular formula is C28H31N7O.